The van der Waals surface area contributed by atoms with Crippen molar-refractivity contribution in [3.8, 4) is 5.75 Å². The van der Waals surface area contributed by atoms with Gasteiger partial charge in [0.05, 0.1) is 12.3 Å². The summed E-state index contributed by atoms with van der Waals surface area (Å²) in [7, 11) is 0. The Morgan fingerprint density at radius 3 is 2.88 bits per heavy atom. The summed E-state index contributed by atoms with van der Waals surface area (Å²) in [6.07, 6.45) is 3.87. The molecule has 0 bridgehead atoms. The SMILES string of the molecule is [CH2]CC1=NOC(CCCOc2ccccc2)C1. The minimum atomic E-state index is 0.228. The maximum Gasteiger partial charge on any atom is 0.133 e. The second-order valence-corrected chi connectivity index (χ2v) is 4.14. The molecule has 2 rings (SSSR count). The zero-order chi connectivity index (χ0) is 11.9. The molecule has 1 aromatic carbocycles. The number of para-hydroxylation sites is 1. The van der Waals surface area contributed by atoms with E-state index in [1.807, 2.05) is 30.3 Å². The van der Waals surface area contributed by atoms with E-state index in [-0.39, 0.29) is 6.10 Å². The zero-order valence-electron chi connectivity index (χ0n) is 9.97. The first-order chi connectivity index (χ1) is 8.38. The summed E-state index contributed by atoms with van der Waals surface area (Å²) >= 11 is 0. The van der Waals surface area contributed by atoms with Gasteiger partial charge in [-0.3, -0.25) is 0 Å². The van der Waals surface area contributed by atoms with Gasteiger partial charge in [0.2, 0.25) is 0 Å². The Hall–Kier alpha value is -1.51. The Kier molecular flexibility index (Phi) is 4.42. The van der Waals surface area contributed by atoms with Crippen molar-refractivity contribution in [2.24, 2.45) is 5.16 Å². The highest BCUT2D eigenvalue weighted by molar-refractivity contribution is 5.85. The largest absolute Gasteiger partial charge is 0.494 e. The van der Waals surface area contributed by atoms with Crippen molar-refractivity contribution in [1.29, 1.82) is 0 Å². The number of hydrogen-bond acceptors (Lipinski definition) is 3. The van der Waals surface area contributed by atoms with E-state index >= 15 is 0 Å². The average Bonchev–Trinajstić information content (AvgIpc) is 2.84. The van der Waals surface area contributed by atoms with Gasteiger partial charge in [-0.2, -0.15) is 0 Å². The molecule has 1 atom stereocenters. The van der Waals surface area contributed by atoms with Gasteiger partial charge in [-0.25, -0.2) is 0 Å². The average molecular weight is 232 g/mol. The predicted molar refractivity (Wildman–Crippen MR) is 68.1 cm³/mol. The van der Waals surface area contributed by atoms with Crippen LogP contribution in [-0.4, -0.2) is 18.4 Å². The van der Waals surface area contributed by atoms with Crippen LogP contribution in [-0.2, 0) is 4.84 Å². The second kappa shape index (κ2) is 6.28. The van der Waals surface area contributed by atoms with E-state index in [1.54, 1.807) is 0 Å². The van der Waals surface area contributed by atoms with Crippen LogP contribution < -0.4 is 4.74 Å². The maximum absolute atomic E-state index is 5.61. The molecule has 1 heterocycles. The molecule has 0 N–H and O–H groups in total. The number of oxime groups is 1. The van der Waals surface area contributed by atoms with E-state index < -0.39 is 0 Å². The number of ether oxygens (including phenoxy) is 1. The number of rotatable bonds is 6. The molecule has 0 saturated carbocycles. The van der Waals surface area contributed by atoms with Crippen LogP contribution >= 0.6 is 0 Å². The predicted octanol–water partition coefficient (Wildman–Crippen LogP) is 3.21. The molecule has 0 amide bonds. The fraction of sp³-hybridized carbons (Fsp3) is 0.429. The monoisotopic (exact) mass is 232 g/mol. The van der Waals surface area contributed by atoms with Crippen LogP contribution in [0.3, 0.4) is 0 Å². The van der Waals surface area contributed by atoms with E-state index in [2.05, 4.69) is 12.1 Å². The lowest BCUT2D eigenvalue weighted by atomic mass is 10.1. The van der Waals surface area contributed by atoms with E-state index in [0.717, 1.165) is 43.8 Å². The molecule has 0 fully saturated rings. The minimum absolute atomic E-state index is 0.228. The molecule has 1 aliphatic rings. The van der Waals surface area contributed by atoms with E-state index in [4.69, 9.17) is 9.57 Å². The third-order valence-electron chi connectivity index (χ3n) is 2.77. The smallest absolute Gasteiger partial charge is 0.133 e. The summed E-state index contributed by atoms with van der Waals surface area (Å²) in [5.74, 6) is 0.925. The fourth-order valence-electron chi connectivity index (χ4n) is 1.81. The van der Waals surface area contributed by atoms with E-state index in [0.29, 0.717) is 0 Å². The molecule has 0 aromatic heterocycles. The molecular weight excluding hydrogens is 214 g/mol. The fourth-order valence-corrected chi connectivity index (χ4v) is 1.81. The lowest BCUT2D eigenvalue weighted by Crippen LogP contribution is -2.09. The van der Waals surface area contributed by atoms with E-state index in [1.165, 1.54) is 0 Å². The standard InChI is InChI=1S/C14H18NO2/c1-2-12-11-14(17-15-12)9-6-10-16-13-7-4-3-5-8-13/h3-5,7-8,14H,1-2,6,9-11H2. The highest BCUT2D eigenvalue weighted by atomic mass is 16.6. The number of benzene rings is 1. The lowest BCUT2D eigenvalue weighted by Gasteiger charge is -2.09. The van der Waals surface area contributed by atoms with Crippen LogP contribution in [0.15, 0.2) is 35.5 Å². The van der Waals surface area contributed by atoms with Crippen LogP contribution in [0.5, 0.6) is 5.75 Å². The van der Waals surface area contributed by atoms with Crippen molar-refractivity contribution in [3.05, 3.63) is 37.3 Å². The maximum atomic E-state index is 5.61. The molecular formula is C14H18NO2. The first-order valence-corrected chi connectivity index (χ1v) is 6.07. The third-order valence-corrected chi connectivity index (χ3v) is 2.77. The Labute approximate surface area is 102 Å². The van der Waals surface area contributed by atoms with Gasteiger partial charge in [-0.15, -0.1) is 0 Å². The molecule has 91 valence electrons. The van der Waals surface area contributed by atoms with Gasteiger partial charge >= 0.3 is 0 Å². The van der Waals surface area contributed by atoms with Gasteiger partial charge in [0, 0.05) is 6.42 Å². The van der Waals surface area contributed by atoms with Crippen LogP contribution in [0.2, 0.25) is 0 Å². The van der Waals surface area contributed by atoms with Crippen LogP contribution in [0.25, 0.3) is 0 Å². The molecule has 17 heavy (non-hydrogen) atoms. The summed E-state index contributed by atoms with van der Waals surface area (Å²) in [6, 6.07) is 9.87. The van der Waals surface area contributed by atoms with Crippen molar-refractivity contribution >= 4 is 5.71 Å². The summed E-state index contributed by atoms with van der Waals surface area (Å²) in [5, 5.41) is 3.99. The quantitative estimate of drug-likeness (QED) is 0.705. The third kappa shape index (κ3) is 3.77. The number of hydrogen-bond donors (Lipinski definition) is 0. The minimum Gasteiger partial charge on any atom is -0.494 e. The van der Waals surface area contributed by atoms with Gasteiger partial charge < -0.3 is 9.57 Å². The molecule has 3 nitrogen and oxygen atoms in total. The highest BCUT2D eigenvalue weighted by Gasteiger charge is 2.18. The van der Waals surface area contributed by atoms with Crippen molar-refractivity contribution in [2.45, 2.75) is 31.8 Å². The Morgan fingerprint density at radius 1 is 1.35 bits per heavy atom. The number of nitrogens with zero attached hydrogens (tertiary/aromatic N) is 1. The molecule has 0 saturated heterocycles. The molecule has 1 aliphatic heterocycles. The molecule has 3 heteroatoms. The molecule has 1 aromatic rings. The lowest BCUT2D eigenvalue weighted by molar-refractivity contribution is 0.0741. The van der Waals surface area contributed by atoms with Crippen molar-refractivity contribution < 1.29 is 9.57 Å². The van der Waals surface area contributed by atoms with Gasteiger partial charge in [0.25, 0.3) is 0 Å². The van der Waals surface area contributed by atoms with Crippen LogP contribution in [0.1, 0.15) is 25.7 Å². The van der Waals surface area contributed by atoms with Gasteiger partial charge in [-0.05, 0) is 38.3 Å². The van der Waals surface area contributed by atoms with Crippen LogP contribution in [0, 0.1) is 6.92 Å². The first kappa shape index (κ1) is 12.0. The Morgan fingerprint density at radius 2 is 2.18 bits per heavy atom. The summed E-state index contributed by atoms with van der Waals surface area (Å²) in [5.41, 5.74) is 1.07. The molecule has 1 unspecified atom stereocenters. The Bertz CT molecular complexity index is 362. The topological polar surface area (TPSA) is 30.8 Å². The molecule has 0 aliphatic carbocycles. The van der Waals surface area contributed by atoms with Crippen molar-refractivity contribution in [3.63, 3.8) is 0 Å². The Balaban J connectivity index is 1.59. The first-order valence-electron chi connectivity index (χ1n) is 6.07. The van der Waals surface area contributed by atoms with Crippen LogP contribution in [0.4, 0.5) is 0 Å². The van der Waals surface area contributed by atoms with Gasteiger partial charge in [0.1, 0.15) is 11.9 Å². The summed E-state index contributed by atoms with van der Waals surface area (Å²) in [6.45, 7) is 4.53. The molecule has 1 radical (unpaired) electrons. The van der Waals surface area contributed by atoms with E-state index in [9.17, 15) is 0 Å². The van der Waals surface area contributed by atoms with Crippen molar-refractivity contribution in [1.82, 2.24) is 0 Å². The summed E-state index contributed by atoms with van der Waals surface area (Å²) in [4.78, 5) is 5.30. The van der Waals surface area contributed by atoms with Gasteiger partial charge in [0.15, 0.2) is 0 Å². The van der Waals surface area contributed by atoms with Crippen molar-refractivity contribution in [2.75, 3.05) is 6.61 Å². The highest BCUT2D eigenvalue weighted by Crippen LogP contribution is 2.17. The zero-order valence-corrected chi connectivity index (χ0v) is 9.97. The molecule has 0 spiro atoms. The second-order valence-electron chi connectivity index (χ2n) is 4.14. The normalized spacial score (nSPS) is 18.6. The summed E-state index contributed by atoms with van der Waals surface area (Å²) < 4.78 is 5.61. The van der Waals surface area contributed by atoms with Gasteiger partial charge in [-0.1, -0.05) is 23.4 Å².